The molecule has 1 heterocycles. The minimum Gasteiger partial charge on any atom is -0.494 e. The SMILES string of the molecule is CC(C)(C)N(C(=O)O)[C@H](Cc1ccccc1)C(=O)N1CCN(CCCOc2ccc(C(=O)C3CC3)cc2)CC1. The number of hydrogen-bond acceptors (Lipinski definition) is 5. The van der Waals surface area contributed by atoms with Crippen LogP contribution in [0.15, 0.2) is 54.6 Å². The maximum atomic E-state index is 13.7. The van der Waals surface area contributed by atoms with Gasteiger partial charge in [0.05, 0.1) is 6.61 Å². The van der Waals surface area contributed by atoms with Gasteiger partial charge in [0.1, 0.15) is 11.8 Å². The predicted molar refractivity (Wildman–Crippen MR) is 150 cm³/mol. The second kappa shape index (κ2) is 12.6. The van der Waals surface area contributed by atoms with Gasteiger partial charge in [-0.3, -0.25) is 19.4 Å². The number of carbonyl (C=O) groups is 3. The number of carbonyl (C=O) groups excluding carboxylic acids is 2. The van der Waals surface area contributed by atoms with Gasteiger partial charge in [0.25, 0.3) is 0 Å². The standard InChI is InChI=1S/C31H41N3O5/c1-31(2,3)34(30(37)38)27(22-23-8-5-4-6-9-23)29(36)33-19-17-32(18-20-33)16-7-21-39-26-14-12-25(13-15-26)28(35)24-10-11-24/h4-6,8-9,12-15,24,27H,7,10-11,16-22H2,1-3H3,(H,37,38)/t27-/m1/s1. The van der Waals surface area contributed by atoms with Crippen LogP contribution in [0.4, 0.5) is 4.79 Å². The molecule has 1 saturated heterocycles. The van der Waals surface area contributed by atoms with Crippen LogP contribution in [0.25, 0.3) is 0 Å². The molecule has 0 bridgehead atoms. The molecule has 0 spiro atoms. The van der Waals surface area contributed by atoms with E-state index < -0.39 is 17.7 Å². The molecule has 1 saturated carbocycles. The second-order valence-electron chi connectivity index (χ2n) is 11.6. The first-order chi connectivity index (χ1) is 18.6. The van der Waals surface area contributed by atoms with Gasteiger partial charge >= 0.3 is 6.09 Å². The zero-order valence-corrected chi connectivity index (χ0v) is 23.3. The molecular formula is C31H41N3O5. The van der Waals surface area contributed by atoms with Crippen molar-refractivity contribution in [3.8, 4) is 5.75 Å². The minimum atomic E-state index is -1.08. The molecule has 210 valence electrons. The minimum absolute atomic E-state index is 0.136. The fourth-order valence-electron chi connectivity index (χ4n) is 5.19. The molecule has 8 nitrogen and oxygen atoms in total. The average Bonchev–Trinajstić information content (AvgIpc) is 3.76. The molecule has 0 radical (unpaired) electrons. The molecule has 2 aromatic rings. The maximum Gasteiger partial charge on any atom is 0.408 e. The molecule has 1 aliphatic heterocycles. The summed E-state index contributed by atoms with van der Waals surface area (Å²) in [6, 6.07) is 16.3. The largest absolute Gasteiger partial charge is 0.494 e. The summed E-state index contributed by atoms with van der Waals surface area (Å²) in [5, 5.41) is 10.0. The van der Waals surface area contributed by atoms with E-state index >= 15 is 0 Å². The van der Waals surface area contributed by atoms with Gasteiger partial charge < -0.3 is 14.7 Å². The Labute approximate surface area is 231 Å². The number of rotatable bonds is 11. The lowest BCUT2D eigenvalue weighted by Crippen LogP contribution is -2.60. The highest BCUT2D eigenvalue weighted by Crippen LogP contribution is 2.33. The van der Waals surface area contributed by atoms with E-state index in [1.165, 1.54) is 4.90 Å². The topological polar surface area (TPSA) is 90.4 Å². The van der Waals surface area contributed by atoms with E-state index in [9.17, 15) is 19.5 Å². The summed E-state index contributed by atoms with van der Waals surface area (Å²) >= 11 is 0. The Hall–Kier alpha value is -3.39. The van der Waals surface area contributed by atoms with Crippen LogP contribution in [-0.2, 0) is 11.2 Å². The van der Waals surface area contributed by atoms with E-state index in [1.54, 1.807) is 0 Å². The van der Waals surface area contributed by atoms with Crippen LogP contribution in [0.3, 0.4) is 0 Å². The van der Waals surface area contributed by atoms with Crippen LogP contribution < -0.4 is 4.74 Å². The van der Waals surface area contributed by atoms with Crippen molar-refractivity contribution in [2.24, 2.45) is 5.92 Å². The van der Waals surface area contributed by atoms with Crippen molar-refractivity contribution in [2.45, 2.75) is 58.0 Å². The van der Waals surface area contributed by atoms with Gasteiger partial charge in [0.15, 0.2) is 5.78 Å². The van der Waals surface area contributed by atoms with Crippen molar-refractivity contribution >= 4 is 17.8 Å². The first-order valence-corrected chi connectivity index (χ1v) is 14.0. The summed E-state index contributed by atoms with van der Waals surface area (Å²) in [6.07, 6.45) is 2.12. The Bertz CT molecular complexity index is 1120. The zero-order chi connectivity index (χ0) is 28.0. The summed E-state index contributed by atoms with van der Waals surface area (Å²) in [6.45, 7) is 9.54. The summed E-state index contributed by atoms with van der Waals surface area (Å²) in [5.74, 6) is 1.09. The van der Waals surface area contributed by atoms with Gasteiger partial charge in [-0.1, -0.05) is 30.3 Å². The number of ether oxygens (including phenoxy) is 1. The molecule has 4 rings (SSSR count). The number of amides is 2. The first kappa shape index (κ1) is 28.6. The third-order valence-corrected chi connectivity index (χ3v) is 7.46. The highest BCUT2D eigenvalue weighted by Gasteiger charge is 2.40. The lowest BCUT2D eigenvalue weighted by Gasteiger charge is -2.42. The third kappa shape index (κ3) is 7.82. The van der Waals surface area contributed by atoms with E-state index in [0.29, 0.717) is 26.1 Å². The molecule has 0 unspecified atom stereocenters. The molecular weight excluding hydrogens is 494 g/mol. The monoisotopic (exact) mass is 535 g/mol. The Morgan fingerprint density at radius 1 is 0.974 bits per heavy atom. The molecule has 1 atom stereocenters. The summed E-state index contributed by atoms with van der Waals surface area (Å²) < 4.78 is 5.87. The number of hydrogen-bond donors (Lipinski definition) is 1. The summed E-state index contributed by atoms with van der Waals surface area (Å²) in [4.78, 5) is 43.5. The molecule has 1 aliphatic carbocycles. The van der Waals surface area contributed by atoms with Gasteiger partial charge in [-0.25, -0.2) is 4.79 Å². The van der Waals surface area contributed by atoms with E-state index in [-0.39, 0.29) is 17.6 Å². The molecule has 1 N–H and O–H groups in total. The smallest absolute Gasteiger partial charge is 0.408 e. The van der Waals surface area contributed by atoms with Crippen molar-refractivity contribution in [1.29, 1.82) is 0 Å². The van der Waals surface area contributed by atoms with Crippen molar-refractivity contribution in [3.05, 3.63) is 65.7 Å². The number of piperazine rings is 1. The van der Waals surface area contributed by atoms with Gasteiger partial charge in [0, 0.05) is 56.2 Å². The maximum absolute atomic E-state index is 13.7. The Morgan fingerprint density at radius 3 is 2.18 bits per heavy atom. The van der Waals surface area contributed by atoms with Crippen LogP contribution >= 0.6 is 0 Å². The van der Waals surface area contributed by atoms with Gasteiger partial charge in [-0.05, 0) is 69.9 Å². The second-order valence-corrected chi connectivity index (χ2v) is 11.6. The first-order valence-electron chi connectivity index (χ1n) is 14.0. The predicted octanol–water partition coefficient (Wildman–Crippen LogP) is 4.58. The van der Waals surface area contributed by atoms with Crippen molar-refractivity contribution < 1.29 is 24.2 Å². The number of Topliss-reactive ketones (excluding diaryl/α,β-unsaturated/α-hetero) is 1. The Morgan fingerprint density at radius 2 is 1.62 bits per heavy atom. The van der Waals surface area contributed by atoms with Crippen LogP contribution in [0.5, 0.6) is 5.75 Å². The fraction of sp³-hybridized carbons (Fsp3) is 0.516. The highest BCUT2D eigenvalue weighted by molar-refractivity contribution is 5.99. The number of nitrogens with zero attached hydrogens (tertiary/aromatic N) is 3. The van der Waals surface area contributed by atoms with Crippen molar-refractivity contribution in [2.75, 3.05) is 39.3 Å². The lowest BCUT2D eigenvalue weighted by atomic mass is 9.97. The number of benzene rings is 2. The van der Waals surface area contributed by atoms with Crippen LogP contribution in [0.2, 0.25) is 0 Å². The third-order valence-electron chi connectivity index (χ3n) is 7.46. The summed E-state index contributed by atoms with van der Waals surface area (Å²) in [7, 11) is 0. The van der Waals surface area contributed by atoms with Crippen LogP contribution in [0.1, 0.15) is 56.0 Å². The van der Waals surface area contributed by atoms with E-state index in [1.807, 2.05) is 80.3 Å². The molecule has 2 amide bonds. The molecule has 39 heavy (non-hydrogen) atoms. The Kier molecular flexibility index (Phi) is 9.28. The molecule has 8 heteroatoms. The van der Waals surface area contributed by atoms with Gasteiger partial charge in [-0.15, -0.1) is 0 Å². The summed E-state index contributed by atoms with van der Waals surface area (Å²) in [5.41, 5.74) is 0.988. The fourth-order valence-corrected chi connectivity index (χ4v) is 5.19. The average molecular weight is 536 g/mol. The van der Waals surface area contributed by atoms with Crippen LogP contribution in [0, 0.1) is 5.92 Å². The van der Waals surface area contributed by atoms with Gasteiger partial charge in [-0.2, -0.15) is 0 Å². The normalized spacial score (nSPS) is 16.9. The number of ketones is 1. The highest BCUT2D eigenvalue weighted by atomic mass is 16.5. The van der Waals surface area contributed by atoms with Gasteiger partial charge in [0.2, 0.25) is 5.91 Å². The van der Waals surface area contributed by atoms with Crippen molar-refractivity contribution in [3.63, 3.8) is 0 Å². The van der Waals surface area contributed by atoms with E-state index in [0.717, 1.165) is 55.8 Å². The van der Waals surface area contributed by atoms with Crippen molar-refractivity contribution in [1.82, 2.24) is 14.7 Å². The van der Waals surface area contributed by atoms with E-state index in [2.05, 4.69) is 4.90 Å². The molecule has 2 fully saturated rings. The molecule has 2 aliphatic rings. The zero-order valence-electron chi connectivity index (χ0n) is 23.3. The number of carboxylic acid groups (broad SMARTS) is 1. The quantitative estimate of drug-likeness (QED) is 0.335. The van der Waals surface area contributed by atoms with E-state index in [4.69, 9.17) is 4.74 Å². The Balaban J connectivity index is 1.26. The van der Waals surface area contributed by atoms with Crippen LogP contribution in [-0.4, -0.2) is 88.5 Å². The molecule has 0 aromatic heterocycles. The lowest BCUT2D eigenvalue weighted by molar-refractivity contribution is -0.140. The molecule has 2 aromatic carbocycles.